The van der Waals surface area contributed by atoms with Crippen LogP contribution in [0.3, 0.4) is 0 Å². The van der Waals surface area contributed by atoms with Gasteiger partial charge in [0.05, 0.1) is 5.56 Å². The van der Waals surface area contributed by atoms with Gasteiger partial charge in [0.2, 0.25) is 0 Å². The molecule has 0 aliphatic carbocycles. The Morgan fingerprint density at radius 2 is 1.48 bits per heavy atom. The molecule has 0 aliphatic heterocycles. The van der Waals surface area contributed by atoms with Crippen LogP contribution in [0, 0.1) is 0 Å². The number of benzene rings is 2. The van der Waals surface area contributed by atoms with Crippen LogP contribution >= 0.6 is 0 Å². The Kier molecular flexibility index (Phi) is 10.8. The Labute approximate surface area is 177 Å². The maximum absolute atomic E-state index is 12.6. The number of hydrogen-bond acceptors (Lipinski definition) is 4. The second-order valence-corrected chi connectivity index (χ2v) is 6.33. The quantitative estimate of drug-likeness (QED) is 0.387. The molecule has 0 heterocycles. The van der Waals surface area contributed by atoms with E-state index in [2.05, 4.69) is 0 Å². The molecule has 0 aromatic heterocycles. The molecule has 0 radical (unpaired) electrons. The van der Waals surface area contributed by atoms with E-state index in [4.69, 9.17) is 20.7 Å². The topological polar surface area (TPSA) is 110 Å². The zero-order chi connectivity index (χ0) is 23.3. The molecule has 0 bridgehead atoms. The second kappa shape index (κ2) is 13.1. The zero-order valence-corrected chi connectivity index (χ0v) is 16.6. The summed E-state index contributed by atoms with van der Waals surface area (Å²) in [5.41, 5.74) is 5.84. The van der Waals surface area contributed by atoms with Gasteiger partial charge in [-0.15, -0.1) is 0 Å². The third-order valence-corrected chi connectivity index (χ3v) is 3.92. The standard InChI is InChI=1S/C18H20F3NO.C4H4O4/c19-18(20,21)15-9-11-16(12-10-15)23-17(8-4-5-13-22)14-6-2-1-3-7-14;5-3(6)1-2-4(7)8/h1-3,6-7,9-12,17H,4-5,8,13,22H2;1-2H,(H,5,6)(H,7,8)/t17-;/m1./s1. The van der Waals surface area contributed by atoms with Crippen molar-refractivity contribution in [3.05, 3.63) is 77.9 Å². The number of unbranched alkanes of at least 4 members (excludes halogenated alkanes) is 1. The summed E-state index contributed by atoms with van der Waals surface area (Å²) >= 11 is 0. The van der Waals surface area contributed by atoms with Gasteiger partial charge in [0.25, 0.3) is 0 Å². The van der Waals surface area contributed by atoms with Crippen molar-refractivity contribution in [1.29, 1.82) is 0 Å². The molecule has 0 unspecified atom stereocenters. The van der Waals surface area contributed by atoms with Crippen LogP contribution in [-0.2, 0) is 15.8 Å². The molecule has 0 spiro atoms. The third kappa shape index (κ3) is 10.9. The maximum Gasteiger partial charge on any atom is 0.416 e. The first kappa shape index (κ1) is 25.7. The van der Waals surface area contributed by atoms with E-state index in [1.165, 1.54) is 12.1 Å². The number of rotatable bonds is 9. The first-order valence-electron chi connectivity index (χ1n) is 9.36. The average Bonchev–Trinajstić information content (AvgIpc) is 2.72. The van der Waals surface area contributed by atoms with Crippen LogP contribution in [0.25, 0.3) is 0 Å². The van der Waals surface area contributed by atoms with E-state index in [9.17, 15) is 22.8 Å². The fourth-order valence-electron chi connectivity index (χ4n) is 2.46. The lowest BCUT2D eigenvalue weighted by molar-refractivity contribution is -0.137. The molecule has 6 nitrogen and oxygen atoms in total. The highest BCUT2D eigenvalue weighted by Gasteiger charge is 2.30. The summed E-state index contributed by atoms with van der Waals surface area (Å²) in [5.74, 6) is -2.08. The van der Waals surface area contributed by atoms with Crippen LogP contribution in [0.2, 0.25) is 0 Å². The van der Waals surface area contributed by atoms with Crippen molar-refractivity contribution in [2.24, 2.45) is 5.73 Å². The highest BCUT2D eigenvalue weighted by Crippen LogP contribution is 2.32. The predicted octanol–water partition coefficient (Wildman–Crippen LogP) is 4.67. The van der Waals surface area contributed by atoms with Gasteiger partial charge in [-0.25, -0.2) is 9.59 Å². The molecular weight excluding hydrogens is 415 g/mol. The molecule has 2 aromatic carbocycles. The first-order valence-corrected chi connectivity index (χ1v) is 9.36. The average molecular weight is 439 g/mol. The lowest BCUT2D eigenvalue weighted by Crippen LogP contribution is -2.09. The number of carboxylic acid groups (broad SMARTS) is 2. The number of aliphatic carboxylic acids is 2. The van der Waals surface area contributed by atoms with Gasteiger partial charge >= 0.3 is 18.1 Å². The van der Waals surface area contributed by atoms with Crippen LogP contribution in [0.15, 0.2) is 66.7 Å². The van der Waals surface area contributed by atoms with Crippen LogP contribution in [0.4, 0.5) is 13.2 Å². The zero-order valence-electron chi connectivity index (χ0n) is 16.6. The normalized spacial score (nSPS) is 12.0. The number of ether oxygens (including phenoxy) is 1. The first-order chi connectivity index (χ1) is 14.6. The van der Waals surface area contributed by atoms with E-state index in [-0.39, 0.29) is 6.10 Å². The van der Waals surface area contributed by atoms with Gasteiger partial charge in [-0.1, -0.05) is 30.3 Å². The van der Waals surface area contributed by atoms with Crippen molar-refractivity contribution in [2.45, 2.75) is 31.5 Å². The Hall–Kier alpha value is -3.33. The van der Waals surface area contributed by atoms with Gasteiger partial charge in [0.15, 0.2) is 0 Å². The maximum atomic E-state index is 12.6. The Morgan fingerprint density at radius 1 is 0.935 bits per heavy atom. The molecule has 4 N–H and O–H groups in total. The highest BCUT2D eigenvalue weighted by molar-refractivity contribution is 5.89. The largest absolute Gasteiger partial charge is 0.486 e. The Balaban J connectivity index is 0.000000512. The van der Waals surface area contributed by atoms with Gasteiger partial charge < -0.3 is 20.7 Å². The lowest BCUT2D eigenvalue weighted by atomic mass is 10.0. The van der Waals surface area contributed by atoms with E-state index < -0.39 is 23.7 Å². The van der Waals surface area contributed by atoms with Gasteiger partial charge in [0.1, 0.15) is 11.9 Å². The van der Waals surface area contributed by atoms with Crippen molar-refractivity contribution < 1.29 is 37.7 Å². The number of halogens is 3. The van der Waals surface area contributed by atoms with Gasteiger partial charge in [-0.3, -0.25) is 0 Å². The monoisotopic (exact) mass is 439 g/mol. The van der Waals surface area contributed by atoms with E-state index in [1.807, 2.05) is 30.3 Å². The molecule has 0 amide bonds. The molecule has 2 rings (SSSR count). The van der Waals surface area contributed by atoms with Gasteiger partial charge in [-0.2, -0.15) is 13.2 Å². The van der Waals surface area contributed by atoms with Crippen LogP contribution in [0.5, 0.6) is 5.75 Å². The molecule has 0 saturated heterocycles. The molecule has 9 heteroatoms. The van der Waals surface area contributed by atoms with Gasteiger partial charge in [0, 0.05) is 12.2 Å². The SMILES string of the molecule is NCCCC[C@@H](Oc1ccc(C(F)(F)F)cc1)c1ccccc1.O=C(O)C=CC(=O)O. The number of hydrogen-bond donors (Lipinski definition) is 3. The minimum atomic E-state index is -4.33. The summed E-state index contributed by atoms with van der Waals surface area (Å²) in [6.07, 6.45) is -0.860. The van der Waals surface area contributed by atoms with Crippen molar-refractivity contribution in [2.75, 3.05) is 6.54 Å². The Morgan fingerprint density at radius 3 is 1.94 bits per heavy atom. The smallest absolute Gasteiger partial charge is 0.416 e. The van der Waals surface area contributed by atoms with Crippen molar-refractivity contribution >= 4 is 11.9 Å². The minimum absolute atomic E-state index is 0.195. The number of alkyl halides is 3. The fraction of sp³-hybridized carbons (Fsp3) is 0.273. The van der Waals surface area contributed by atoms with E-state index >= 15 is 0 Å². The fourth-order valence-corrected chi connectivity index (χ4v) is 2.46. The lowest BCUT2D eigenvalue weighted by Gasteiger charge is -2.20. The molecule has 0 aliphatic rings. The molecule has 0 fully saturated rings. The minimum Gasteiger partial charge on any atom is -0.486 e. The summed E-state index contributed by atoms with van der Waals surface area (Å²) in [6, 6.07) is 14.5. The predicted molar refractivity (Wildman–Crippen MR) is 109 cm³/mol. The van der Waals surface area contributed by atoms with E-state index in [0.29, 0.717) is 24.4 Å². The number of carboxylic acids is 2. The van der Waals surface area contributed by atoms with Crippen molar-refractivity contribution in [1.82, 2.24) is 0 Å². The van der Waals surface area contributed by atoms with E-state index in [0.717, 1.165) is 37.0 Å². The van der Waals surface area contributed by atoms with Crippen LogP contribution < -0.4 is 10.5 Å². The van der Waals surface area contributed by atoms with Crippen LogP contribution in [0.1, 0.15) is 36.5 Å². The Bertz CT molecular complexity index is 820. The number of nitrogens with two attached hydrogens (primary N) is 1. The summed E-state index contributed by atoms with van der Waals surface area (Å²) in [7, 11) is 0. The summed E-state index contributed by atoms with van der Waals surface area (Å²) in [5, 5.41) is 15.6. The van der Waals surface area contributed by atoms with Crippen molar-refractivity contribution in [3.8, 4) is 5.75 Å². The third-order valence-electron chi connectivity index (χ3n) is 3.92. The second-order valence-electron chi connectivity index (χ2n) is 6.33. The highest BCUT2D eigenvalue weighted by atomic mass is 19.4. The molecule has 2 aromatic rings. The van der Waals surface area contributed by atoms with Crippen LogP contribution in [-0.4, -0.2) is 28.7 Å². The molecular formula is C22H24F3NO5. The number of carbonyl (C=O) groups is 2. The summed E-state index contributed by atoms with van der Waals surface area (Å²) in [4.78, 5) is 19.1. The molecule has 1 atom stereocenters. The summed E-state index contributed by atoms with van der Waals surface area (Å²) < 4.78 is 43.7. The summed E-state index contributed by atoms with van der Waals surface area (Å²) in [6.45, 7) is 0.613. The van der Waals surface area contributed by atoms with Crippen molar-refractivity contribution in [3.63, 3.8) is 0 Å². The molecule has 31 heavy (non-hydrogen) atoms. The van der Waals surface area contributed by atoms with E-state index in [1.54, 1.807) is 0 Å². The molecule has 168 valence electrons. The van der Waals surface area contributed by atoms with Gasteiger partial charge in [-0.05, 0) is 55.6 Å². The molecule has 0 saturated carbocycles.